The predicted octanol–water partition coefficient (Wildman–Crippen LogP) is 1.56. The van der Waals surface area contributed by atoms with Gasteiger partial charge in [-0.3, -0.25) is 24.1 Å². The number of halogens is 1. The summed E-state index contributed by atoms with van der Waals surface area (Å²) >= 11 is 0. The zero-order chi connectivity index (χ0) is 26.1. The Morgan fingerprint density at radius 3 is 1.78 bits per heavy atom. The Morgan fingerprint density at radius 2 is 1.31 bits per heavy atom. The van der Waals surface area contributed by atoms with Gasteiger partial charge in [0.15, 0.2) is 0 Å². The number of benzene rings is 2. The number of aliphatic hydroxyl groups is 2. The van der Waals surface area contributed by atoms with E-state index in [1.54, 1.807) is 30.3 Å². The highest BCUT2D eigenvalue weighted by Gasteiger charge is 2.55. The predicted molar refractivity (Wildman–Crippen MR) is 123 cm³/mol. The van der Waals surface area contributed by atoms with Crippen molar-refractivity contribution in [3.63, 3.8) is 0 Å². The van der Waals surface area contributed by atoms with Gasteiger partial charge in [-0.25, -0.2) is 4.39 Å². The Labute approximate surface area is 207 Å². The van der Waals surface area contributed by atoms with E-state index in [2.05, 4.69) is 0 Å². The highest BCUT2D eigenvalue weighted by molar-refractivity contribution is 6.14. The third kappa shape index (κ3) is 6.32. The van der Waals surface area contributed by atoms with Crippen LogP contribution < -0.4 is 0 Å². The minimum absolute atomic E-state index is 0.132. The molecule has 2 amide bonds. The Kier molecular flexibility index (Phi) is 9.66. The molecule has 0 radical (unpaired) electrons. The normalized spacial score (nSPS) is 19.8. The van der Waals surface area contributed by atoms with Gasteiger partial charge in [0, 0.05) is 32.0 Å². The van der Waals surface area contributed by atoms with Crippen LogP contribution in [0.4, 0.5) is 4.39 Å². The van der Waals surface area contributed by atoms with Gasteiger partial charge in [0.25, 0.3) is 0 Å². The Morgan fingerprint density at radius 1 is 0.806 bits per heavy atom. The summed E-state index contributed by atoms with van der Waals surface area (Å²) in [4.78, 5) is 54.3. The van der Waals surface area contributed by atoms with E-state index >= 15 is 0 Å². The summed E-state index contributed by atoms with van der Waals surface area (Å²) in [6, 6.07) is 13.4. The van der Waals surface area contributed by atoms with Gasteiger partial charge < -0.3 is 19.7 Å². The molecule has 1 fully saturated rings. The number of hydrogen-bond acceptors (Lipinski definition) is 8. The van der Waals surface area contributed by atoms with Crippen LogP contribution in [0.5, 0.6) is 0 Å². The molecule has 0 unspecified atom stereocenters. The fourth-order valence-corrected chi connectivity index (χ4v) is 4.08. The fraction of sp³-hybridized carbons (Fsp3) is 0.385. The molecule has 1 aliphatic rings. The number of likely N-dealkylation sites (tertiary alicyclic amines) is 1. The van der Waals surface area contributed by atoms with Crippen molar-refractivity contribution in [1.82, 2.24) is 4.90 Å². The first kappa shape index (κ1) is 27.0. The third-order valence-corrected chi connectivity index (χ3v) is 5.82. The number of carbonyl (C=O) groups excluding carboxylic acids is 4. The monoisotopic (exact) mass is 501 g/mol. The van der Waals surface area contributed by atoms with E-state index in [-0.39, 0.29) is 51.4 Å². The summed E-state index contributed by atoms with van der Waals surface area (Å²) in [6.07, 6.45) is 0.264. The van der Waals surface area contributed by atoms with Crippen molar-refractivity contribution in [1.29, 1.82) is 0 Å². The molecule has 1 aliphatic heterocycles. The summed E-state index contributed by atoms with van der Waals surface area (Å²) in [7, 11) is 0. The van der Waals surface area contributed by atoms with Crippen molar-refractivity contribution in [3.8, 4) is 0 Å². The van der Waals surface area contributed by atoms with E-state index in [1.807, 2.05) is 0 Å². The van der Waals surface area contributed by atoms with Crippen LogP contribution in [0.1, 0.15) is 29.9 Å². The molecule has 3 atom stereocenters. The van der Waals surface area contributed by atoms with Crippen molar-refractivity contribution >= 4 is 23.8 Å². The van der Waals surface area contributed by atoms with E-state index < -0.39 is 47.3 Å². The molecule has 2 aromatic carbocycles. The lowest BCUT2D eigenvalue weighted by Gasteiger charge is -2.39. The first-order chi connectivity index (χ1) is 17.4. The van der Waals surface area contributed by atoms with Crippen LogP contribution in [0.25, 0.3) is 0 Å². The second kappa shape index (κ2) is 12.9. The number of carbonyl (C=O) groups is 4. The molecule has 1 saturated heterocycles. The van der Waals surface area contributed by atoms with Crippen LogP contribution >= 0.6 is 0 Å². The molecule has 10 heteroatoms. The van der Waals surface area contributed by atoms with Crippen LogP contribution in [-0.4, -0.2) is 65.3 Å². The van der Waals surface area contributed by atoms with Gasteiger partial charge in [-0.2, -0.15) is 0 Å². The van der Waals surface area contributed by atoms with E-state index in [9.17, 15) is 23.6 Å². The van der Waals surface area contributed by atoms with Crippen LogP contribution in [-0.2, 0) is 35.2 Å². The van der Waals surface area contributed by atoms with Crippen molar-refractivity contribution in [2.75, 3.05) is 26.4 Å². The molecule has 3 rings (SSSR count). The Bertz CT molecular complexity index is 1020. The molecule has 0 aliphatic carbocycles. The number of ether oxygens (including phenoxy) is 2. The van der Waals surface area contributed by atoms with Crippen LogP contribution in [0.3, 0.4) is 0 Å². The summed E-state index contributed by atoms with van der Waals surface area (Å²) in [5.41, 5.74) is 0.810. The van der Waals surface area contributed by atoms with Gasteiger partial charge >= 0.3 is 11.9 Å². The number of rotatable bonds is 11. The Balaban J connectivity index is 2.06. The van der Waals surface area contributed by atoms with Gasteiger partial charge in [0.1, 0.15) is 17.7 Å². The van der Waals surface area contributed by atoms with E-state index in [1.165, 1.54) is 12.1 Å². The SMILES string of the molecule is O=C(OCCCO)[C@@H]1C(=O)N(Cc2ccccc2)C(=O)[C@H](C(=O)OCCCO)[C@@H]1c1ccc(F)cc1. The van der Waals surface area contributed by atoms with Crippen molar-refractivity contribution in [3.05, 3.63) is 71.5 Å². The number of aliphatic hydroxyl groups excluding tert-OH is 2. The van der Waals surface area contributed by atoms with Crippen LogP contribution in [0.15, 0.2) is 54.6 Å². The summed E-state index contributed by atoms with van der Waals surface area (Å²) in [5.74, 6) is -8.72. The molecule has 2 aromatic rings. The van der Waals surface area contributed by atoms with Gasteiger partial charge in [-0.1, -0.05) is 42.5 Å². The molecule has 0 bridgehead atoms. The number of amides is 2. The molecule has 36 heavy (non-hydrogen) atoms. The zero-order valence-electron chi connectivity index (χ0n) is 19.5. The maximum atomic E-state index is 13.7. The zero-order valence-corrected chi connectivity index (χ0v) is 19.5. The smallest absolute Gasteiger partial charge is 0.319 e. The molecule has 1 heterocycles. The first-order valence-corrected chi connectivity index (χ1v) is 11.6. The third-order valence-electron chi connectivity index (χ3n) is 5.82. The standard InChI is InChI=1S/C26H28FNO8/c27-19-10-8-18(9-11-19)20-21(25(33)35-14-4-12-29)23(31)28(16-17-6-2-1-3-7-17)24(32)22(20)26(34)36-15-5-13-30/h1-3,6-11,20-22,29-30H,4-5,12-16H2/t20-,21+,22-. The lowest BCUT2D eigenvalue weighted by atomic mass is 9.72. The van der Waals surface area contributed by atoms with Crippen LogP contribution in [0, 0.1) is 17.7 Å². The van der Waals surface area contributed by atoms with E-state index in [4.69, 9.17) is 19.7 Å². The van der Waals surface area contributed by atoms with Crippen molar-refractivity contribution < 1.29 is 43.3 Å². The summed E-state index contributed by atoms with van der Waals surface area (Å²) in [5, 5.41) is 18.1. The highest BCUT2D eigenvalue weighted by Crippen LogP contribution is 2.41. The molecular weight excluding hydrogens is 473 g/mol. The van der Waals surface area contributed by atoms with E-state index in [0.717, 1.165) is 17.0 Å². The number of nitrogens with zero attached hydrogens (tertiary/aromatic N) is 1. The lowest BCUT2D eigenvalue weighted by molar-refractivity contribution is -0.172. The molecule has 9 nitrogen and oxygen atoms in total. The van der Waals surface area contributed by atoms with Gasteiger partial charge in [0.2, 0.25) is 11.8 Å². The minimum Gasteiger partial charge on any atom is -0.465 e. The van der Waals surface area contributed by atoms with Gasteiger partial charge in [0.05, 0.1) is 19.8 Å². The maximum absolute atomic E-state index is 13.7. The van der Waals surface area contributed by atoms with Crippen molar-refractivity contribution in [2.24, 2.45) is 11.8 Å². The first-order valence-electron chi connectivity index (χ1n) is 11.6. The fourth-order valence-electron chi connectivity index (χ4n) is 4.08. The lowest BCUT2D eigenvalue weighted by Crippen LogP contribution is -2.57. The Hall–Kier alpha value is -3.63. The molecule has 192 valence electrons. The van der Waals surface area contributed by atoms with Crippen LogP contribution in [0.2, 0.25) is 0 Å². The average Bonchev–Trinajstić information content (AvgIpc) is 2.87. The van der Waals surface area contributed by atoms with Gasteiger partial charge in [-0.05, 0) is 23.3 Å². The number of esters is 2. The minimum atomic E-state index is -1.59. The molecule has 0 spiro atoms. The van der Waals surface area contributed by atoms with E-state index in [0.29, 0.717) is 5.56 Å². The topological polar surface area (TPSA) is 130 Å². The molecule has 2 N–H and O–H groups in total. The van der Waals surface area contributed by atoms with Crippen molar-refractivity contribution in [2.45, 2.75) is 25.3 Å². The maximum Gasteiger partial charge on any atom is 0.319 e. The summed E-state index contributed by atoms with van der Waals surface area (Å²) in [6.45, 7) is -1.02. The molecule has 0 saturated carbocycles. The highest BCUT2D eigenvalue weighted by atomic mass is 19.1. The number of imide groups is 1. The number of hydrogen-bond donors (Lipinski definition) is 2. The number of piperidine rings is 1. The summed E-state index contributed by atoms with van der Waals surface area (Å²) < 4.78 is 24.1. The largest absolute Gasteiger partial charge is 0.465 e. The second-order valence-electron chi connectivity index (χ2n) is 8.27. The molecule has 0 aromatic heterocycles. The average molecular weight is 502 g/mol. The molecular formula is C26H28FNO8. The quantitative estimate of drug-likeness (QED) is 0.205. The second-order valence-corrected chi connectivity index (χ2v) is 8.27. The van der Waals surface area contributed by atoms with Gasteiger partial charge in [-0.15, -0.1) is 0 Å².